The molecule has 2 nitrogen and oxygen atoms in total. The predicted molar refractivity (Wildman–Crippen MR) is 60.1 cm³/mol. The third-order valence-corrected chi connectivity index (χ3v) is 12.8. The van der Waals surface area contributed by atoms with E-state index in [1.54, 1.807) is 0 Å². The number of quaternary nitrogens is 1. The van der Waals surface area contributed by atoms with E-state index in [-0.39, 0.29) is 0 Å². The quantitative estimate of drug-likeness (QED) is 0.637. The highest BCUT2D eigenvalue weighted by atomic mass is 28.4. The summed E-state index contributed by atoms with van der Waals surface area (Å²) in [6.45, 7) is 13.1. The van der Waals surface area contributed by atoms with Crippen LogP contribution in [0.3, 0.4) is 0 Å². The first-order valence-electron chi connectivity index (χ1n) is 4.67. The second-order valence-electron chi connectivity index (χ2n) is 4.59. The molecule has 0 aliphatic rings. The van der Waals surface area contributed by atoms with Gasteiger partial charge in [-0.05, 0) is 26.6 Å². The molecule has 2 unspecified atom stereocenters. The van der Waals surface area contributed by atoms with Gasteiger partial charge in [0.2, 0.25) is 0 Å². The van der Waals surface area contributed by atoms with Crippen molar-refractivity contribution in [1.82, 2.24) is 0 Å². The van der Waals surface area contributed by atoms with Crippen LogP contribution >= 0.6 is 0 Å². The molecule has 0 aromatic rings. The molecule has 0 spiro atoms. The average Bonchev–Trinajstić information content (AvgIpc) is 1.99. The third-order valence-electron chi connectivity index (χ3n) is 3.33. The number of nitrogens with zero attached hydrogens (tertiary/aromatic N) is 1. The van der Waals surface area contributed by atoms with Crippen molar-refractivity contribution in [3.8, 4) is 0 Å². The van der Waals surface area contributed by atoms with Gasteiger partial charge in [-0.1, -0.05) is 0 Å². The minimum atomic E-state index is -1.12. The second kappa shape index (κ2) is 4.04. The van der Waals surface area contributed by atoms with Crippen molar-refractivity contribution in [2.75, 3.05) is 20.7 Å². The van der Waals surface area contributed by atoms with Crippen LogP contribution in [0.4, 0.5) is 0 Å². The van der Waals surface area contributed by atoms with Gasteiger partial charge in [0, 0.05) is 27.2 Å². The molecule has 0 aromatic heterocycles. The van der Waals surface area contributed by atoms with E-state index in [1.165, 1.54) is 10.4 Å². The van der Waals surface area contributed by atoms with E-state index in [1.807, 2.05) is 7.11 Å². The lowest BCUT2D eigenvalue weighted by Gasteiger charge is -2.48. The number of hydrogen-bond acceptors (Lipinski definition) is 1. The van der Waals surface area contributed by atoms with Crippen LogP contribution in [0.1, 0.15) is 6.92 Å². The van der Waals surface area contributed by atoms with Gasteiger partial charge < -0.3 is 8.24 Å². The Hall–Kier alpha value is 0.354. The monoisotopic (exact) mass is 206 g/mol. The van der Waals surface area contributed by atoms with Gasteiger partial charge in [0.15, 0.2) is 0 Å². The predicted octanol–water partition coefficient (Wildman–Crippen LogP) is 1.78. The Kier molecular flexibility index (Phi) is 4.16. The van der Waals surface area contributed by atoms with Gasteiger partial charge in [0.1, 0.15) is 0 Å². The second-order valence-corrected chi connectivity index (χ2v) is 13.3. The third kappa shape index (κ3) is 2.19. The van der Waals surface area contributed by atoms with Gasteiger partial charge >= 0.3 is 9.20 Å². The maximum absolute atomic E-state index is 5.58. The molecule has 0 N–H and O–H groups in total. The fourth-order valence-electron chi connectivity index (χ4n) is 1.51. The van der Waals surface area contributed by atoms with Crippen LogP contribution in [0.2, 0.25) is 26.2 Å². The zero-order valence-corrected chi connectivity index (χ0v) is 11.8. The standard InChI is InChI=1S/C8H24NOSi2/c1-8-9(2,11(4)10-3)12(5,6)7/h11H,8H2,1-7H3/q+1. The highest BCUT2D eigenvalue weighted by Crippen LogP contribution is 2.20. The molecule has 0 aliphatic heterocycles. The van der Waals surface area contributed by atoms with E-state index in [2.05, 4.69) is 40.2 Å². The first kappa shape index (κ1) is 12.4. The maximum atomic E-state index is 5.58. The lowest BCUT2D eigenvalue weighted by molar-refractivity contribution is -0.706. The summed E-state index contributed by atoms with van der Waals surface area (Å²) in [7, 11) is 2.07. The molecule has 0 bridgehead atoms. The first-order chi connectivity index (χ1) is 5.29. The van der Waals surface area contributed by atoms with E-state index >= 15 is 0 Å². The summed E-state index contributed by atoms with van der Waals surface area (Å²) in [4.78, 5) is 0. The summed E-state index contributed by atoms with van der Waals surface area (Å²) in [6.07, 6.45) is 0. The van der Waals surface area contributed by atoms with Crippen molar-refractivity contribution in [3.05, 3.63) is 0 Å². The highest BCUT2D eigenvalue weighted by Gasteiger charge is 2.43. The Morgan fingerprint density at radius 3 is 1.83 bits per heavy atom. The van der Waals surface area contributed by atoms with Gasteiger partial charge in [-0.2, -0.15) is 0 Å². The summed E-state index contributed by atoms with van der Waals surface area (Å²) in [5, 5.41) is 0. The molecule has 0 saturated carbocycles. The van der Waals surface area contributed by atoms with Gasteiger partial charge in [-0.25, -0.2) is 0 Å². The molecular formula is C8H24NOSi2+. The zero-order chi connectivity index (χ0) is 9.99. The summed E-state index contributed by atoms with van der Waals surface area (Å²) < 4.78 is 6.80. The molecule has 74 valence electrons. The zero-order valence-electron chi connectivity index (χ0n) is 9.64. The summed E-state index contributed by atoms with van der Waals surface area (Å²) in [5.41, 5.74) is 0. The first-order valence-corrected chi connectivity index (χ1v) is 10.3. The van der Waals surface area contributed by atoms with E-state index in [0.29, 0.717) is 0 Å². The van der Waals surface area contributed by atoms with Crippen LogP contribution in [0.5, 0.6) is 0 Å². The molecule has 4 heteroatoms. The Morgan fingerprint density at radius 1 is 1.33 bits per heavy atom. The molecule has 0 rings (SSSR count). The molecule has 12 heavy (non-hydrogen) atoms. The Morgan fingerprint density at radius 2 is 1.75 bits per heavy atom. The Balaban J connectivity index is 4.67. The highest BCUT2D eigenvalue weighted by molar-refractivity contribution is 6.74. The topological polar surface area (TPSA) is 9.23 Å². The van der Waals surface area contributed by atoms with Crippen molar-refractivity contribution in [2.24, 2.45) is 0 Å². The Bertz CT molecular complexity index is 146. The summed E-state index contributed by atoms with van der Waals surface area (Å²) in [5.74, 6) is 0. The van der Waals surface area contributed by atoms with Crippen molar-refractivity contribution < 1.29 is 8.24 Å². The SMILES string of the molecule is CC[N+](C)([SiH](C)OC)[Si](C)(C)C. The number of hydrogen-bond donors (Lipinski definition) is 0. The van der Waals surface area contributed by atoms with Gasteiger partial charge in [0.25, 0.3) is 8.24 Å². The minimum Gasteiger partial charge on any atom is -0.428 e. The van der Waals surface area contributed by atoms with E-state index in [4.69, 9.17) is 4.43 Å². The molecular weight excluding hydrogens is 182 g/mol. The maximum Gasteiger partial charge on any atom is 0.400 e. The van der Waals surface area contributed by atoms with Crippen LogP contribution in [0.15, 0.2) is 0 Å². The Labute approximate surface area is 80.0 Å². The van der Waals surface area contributed by atoms with Crippen LogP contribution < -0.4 is 0 Å². The lowest BCUT2D eigenvalue weighted by Crippen LogP contribution is -2.68. The lowest BCUT2D eigenvalue weighted by atomic mass is 10.8. The largest absolute Gasteiger partial charge is 0.428 e. The molecule has 0 aromatic carbocycles. The molecule has 2 atom stereocenters. The van der Waals surface area contributed by atoms with Gasteiger partial charge in [0.05, 0.1) is 0 Å². The fourth-order valence-corrected chi connectivity index (χ4v) is 8.12. The normalized spacial score (nSPS) is 20.2. The smallest absolute Gasteiger partial charge is 0.400 e. The minimum absolute atomic E-state index is 1.04. The molecule has 0 saturated heterocycles. The fraction of sp³-hybridized carbons (Fsp3) is 1.00. The van der Waals surface area contributed by atoms with Crippen molar-refractivity contribution in [1.29, 1.82) is 0 Å². The van der Waals surface area contributed by atoms with Crippen LogP contribution in [-0.4, -0.2) is 42.0 Å². The van der Waals surface area contributed by atoms with E-state index < -0.39 is 17.4 Å². The van der Waals surface area contributed by atoms with Crippen LogP contribution in [0, 0.1) is 0 Å². The molecule has 0 fully saturated rings. The van der Waals surface area contributed by atoms with E-state index in [0.717, 1.165) is 0 Å². The summed E-state index contributed by atoms with van der Waals surface area (Å²) >= 11 is 0. The molecule has 0 radical (unpaired) electrons. The van der Waals surface area contributed by atoms with Crippen molar-refractivity contribution in [3.63, 3.8) is 0 Å². The van der Waals surface area contributed by atoms with Crippen LogP contribution in [0.25, 0.3) is 0 Å². The van der Waals surface area contributed by atoms with Crippen molar-refractivity contribution >= 4 is 17.4 Å². The molecule has 0 heterocycles. The molecule has 0 amide bonds. The van der Waals surface area contributed by atoms with Crippen molar-refractivity contribution in [2.45, 2.75) is 33.1 Å². The van der Waals surface area contributed by atoms with Crippen LogP contribution in [-0.2, 0) is 4.43 Å². The molecule has 0 aliphatic carbocycles. The van der Waals surface area contributed by atoms with E-state index in [9.17, 15) is 0 Å². The number of rotatable bonds is 4. The summed E-state index contributed by atoms with van der Waals surface area (Å²) in [6, 6.07) is 0. The average molecular weight is 206 g/mol. The van der Waals surface area contributed by atoms with Gasteiger partial charge in [-0.3, -0.25) is 0 Å². The van der Waals surface area contributed by atoms with Gasteiger partial charge in [-0.15, -0.1) is 0 Å².